The van der Waals surface area contributed by atoms with Crippen LogP contribution in [-0.2, 0) is 21.7 Å². The van der Waals surface area contributed by atoms with E-state index in [1.54, 1.807) is 0 Å². The van der Waals surface area contributed by atoms with Crippen molar-refractivity contribution >= 4 is 40.7 Å². The first-order chi connectivity index (χ1) is 13.6. The molecule has 0 spiro atoms. The molecule has 0 N–H and O–H groups in total. The smallest absolute Gasteiger partial charge is 0.168 e. The van der Waals surface area contributed by atoms with Crippen LogP contribution in [0.1, 0.15) is 16.7 Å². The van der Waals surface area contributed by atoms with Crippen LogP contribution in [0.2, 0.25) is 0 Å². The maximum absolute atomic E-state index is 2.31. The zero-order valence-corrected chi connectivity index (χ0v) is 19.7. The Kier molecular flexibility index (Phi) is 7.25. The summed E-state index contributed by atoms with van der Waals surface area (Å²) in [5.74, 6) is 0. The third kappa shape index (κ3) is 4.96. The number of hydrogen-bond acceptors (Lipinski definition) is 0. The number of rotatable bonds is 2. The minimum atomic E-state index is 0. The first-order valence-electron chi connectivity index (χ1n) is 9.71. The quantitative estimate of drug-likeness (QED) is 0.167. The molecular weight excluding hydrogens is 403 g/mol. The van der Waals surface area contributed by atoms with Crippen LogP contribution in [0.25, 0.3) is 21.5 Å². The summed E-state index contributed by atoms with van der Waals surface area (Å²) in [5, 5.41) is 8.37. The molecule has 0 heterocycles. The van der Waals surface area contributed by atoms with Crippen molar-refractivity contribution in [3.63, 3.8) is 0 Å². The van der Waals surface area contributed by atoms with Crippen LogP contribution in [0.5, 0.6) is 0 Å². The fourth-order valence-electron chi connectivity index (χ4n) is 3.63. The Balaban J connectivity index is 0.000000174. The van der Waals surface area contributed by atoms with Crippen LogP contribution in [0.4, 0.5) is 0 Å². The normalized spacial score (nSPS) is 10.9. The molecule has 0 fully saturated rings. The standard InChI is InChI=1S/C16H14P.C11H11.Ti/c1-12-6-2-5-9-16(12)17-15-10-13-7-3-4-8-14(13)11-15;1-8-6-7-9(2)11-5-3-4-10(8)11;/h2-11,17H,1H3;3-7H,1-2H3;/q2*-1;+2. The Labute approximate surface area is 190 Å². The van der Waals surface area contributed by atoms with Gasteiger partial charge in [0.1, 0.15) is 0 Å². The molecule has 5 rings (SSSR count). The van der Waals surface area contributed by atoms with Gasteiger partial charge in [-0.05, 0) is 24.7 Å². The Bertz CT molecular complexity index is 1160. The van der Waals surface area contributed by atoms with Gasteiger partial charge in [-0.1, -0.05) is 57.5 Å². The molecule has 0 aliphatic carbocycles. The molecule has 2 heteroatoms. The van der Waals surface area contributed by atoms with Crippen LogP contribution < -0.4 is 10.6 Å². The summed E-state index contributed by atoms with van der Waals surface area (Å²) in [6.45, 7) is 6.49. The van der Waals surface area contributed by atoms with Gasteiger partial charge in [-0.25, -0.2) is 0 Å². The van der Waals surface area contributed by atoms with Gasteiger partial charge in [-0.2, -0.15) is 18.2 Å². The Hall–Kier alpha value is -1.98. The molecular formula is C27H25PTi. The first-order valence-corrected chi connectivity index (χ1v) is 10.7. The molecule has 0 radical (unpaired) electrons. The third-order valence-electron chi connectivity index (χ3n) is 5.29. The van der Waals surface area contributed by atoms with Gasteiger partial charge in [-0.15, -0.1) is 68.8 Å². The Morgan fingerprint density at radius 2 is 1.45 bits per heavy atom. The van der Waals surface area contributed by atoms with Gasteiger partial charge in [0.25, 0.3) is 0 Å². The number of fused-ring (bicyclic) bond motifs is 2. The van der Waals surface area contributed by atoms with E-state index in [1.807, 2.05) is 0 Å². The zero-order chi connectivity index (χ0) is 19.5. The van der Waals surface area contributed by atoms with Crippen LogP contribution in [0.15, 0.2) is 91.0 Å². The van der Waals surface area contributed by atoms with Crippen molar-refractivity contribution in [3.8, 4) is 0 Å². The molecule has 0 amide bonds. The second-order valence-electron chi connectivity index (χ2n) is 7.37. The van der Waals surface area contributed by atoms with Crippen LogP contribution in [0.3, 0.4) is 0 Å². The largest absolute Gasteiger partial charge is 2.00 e. The molecule has 0 saturated heterocycles. The predicted molar refractivity (Wildman–Crippen MR) is 127 cm³/mol. The summed E-state index contributed by atoms with van der Waals surface area (Å²) >= 11 is 0. The molecule has 5 aromatic carbocycles. The molecule has 29 heavy (non-hydrogen) atoms. The molecule has 5 aromatic rings. The van der Waals surface area contributed by atoms with E-state index in [0.29, 0.717) is 0 Å². The van der Waals surface area contributed by atoms with Crippen LogP contribution in [-0.4, -0.2) is 0 Å². The summed E-state index contributed by atoms with van der Waals surface area (Å²) in [6.07, 6.45) is 0. The SMILES string of the molecule is Cc1ccc(C)c2[cH-]ccc12.Cc1ccccc1Pc1cc2ccccc2[cH-]1.[Ti+2]. The average molecular weight is 428 g/mol. The van der Waals surface area contributed by atoms with E-state index in [4.69, 9.17) is 0 Å². The van der Waals surface area contributed by atoms with E-state index < -0.39 is 0 Å². The average Bonchev–Trinajstić information content (AvgIpc) is 3.34. The maximum atomic E-state index is 2.31. The van der Waals surface area contributed by atoms with Crippen molar-refractivity contribution in [2.24, 2.45) is 0 Å². The Morgan fingerprint density at radius 1 is 0.724 bits per heavy atom. The molecule has 0 aliphatic heterocycles. The van der Waals surface area contributed by atoms with E-state index in [1.165, 1.54) is 48.8 Å². The molecule has 0 bridgehead atoms. The van der Waals surface area contributed by atoms with Crippen molar-refractivity contribution in [2.75, 3.05) is 0 Å². The summed E-state index contributed by atoms with van der Waals surface area (Å²) in [4.78, 5) is 0. The van der Waals surface area contributed by atoms with E-state index in [9.17, 15) is 0 Å². The van der Waals surface area contributed by atoms with E-state index in [-0.39, 0.29) is 21.7 Å². The van der Waals surface area contributed by atoms with Gasteiger partial charge in [0.05, 0.1) is 0 Å². The molecule has 142 valence electrons. The van der Waals surface area contributed by atoms with Crippen molar-refractivity contribution in [3.05, 3.63) is 108 Å². The van der Waals surface area contributed by atoms with Gasteiger partial charge in [0, 0.05) is 0 Å². The van der Waals surface area contributed by atoms with Gasteiger partial charge in [-0.3, -0.25) is 0 Å². The zero-order valence-electron chi connectivity index (χ0n) is 17.2. The molecule has 1 unspecified atom stereocenters. The number of hydrogen-bond donors (Lipinski definition) is 0. The Morgan fingerprint density at radius 3 is 2.21 bits per heavy atom. The van der Waals surface area contributed by atoms with Gasteiger partial charge in [0.15, 0.2) is 0 Å². The molecule has 0 aromatic heterocycles. The fourth-order valence-corrected chi connectivity index (χ4v) is 4.86. The monoisotopic (exact) mass is 428 g/mol. The maximum Gasteiger partial charge on any atom is 2.00 e. The predicted octanol–water partition coefficient (Wildman–Crippen LogP) is 6.67. The van der Waals surface area contributed by atoms with Crippen LogP contribution in [0, 0.1) is 20.8 Å². The summed E-state index contributed by atoms with van der Waals surface area (Å²) < 4.78 is 0. The van der Waals surface area contributed by atoms with Crippen molar-refractivity contribution in [1.82, 2.24) is 0 Å². The van der Waals surface area contributed by atoms with Crippen molar-refractivity contribution in [1.29, 1.82) is 0 Å². The van der Waals surface area contributed by atoms with Crippen molar-refractivity contribution < 1.29 is 21.7 Å². The van der Waals surface area contributed by atoms with Crippen molar-refractivity contribution in [2.45, 2.75) is 20.8 Å². The summed E-state index contributed by atoms with van der Waals surface area (Å²) in [5.41, 5.74) is 4.13. The van der Waals surface area contributed by atoms with Gasteiger partial charge >= 0.3 is 21.7 Å². The van der Waals surface area contributed by atoms with E-state index >= 15 is 0 Å². The minimum Gasteiger partial charge on any atom is -0.168 e. The first kappa shape index (κ1) is 21.7. The topological polar surface area (TPSA) is 0 Å². The minimum absolute atomic E-state index is 0. The second kappa shape index (κ2) is 9.68. The van der Waals surface area contributed by atoms with E-state index in [0.717, 1.165) is 8.58 Å². The number of aryl methyl sites for hydroxylation is 3. The van der Waals surface area contributed by atoms with E-state index in [2.05, 4.69) is 112 Å². The van der Waals surface area contributed by atoms with Gasteiger partial charge < -0.3 is 0 Å². The summed E-state index contributed by atoms with van der Waals surface area (Å²) in [6, 6.07) is 32.6. The van der Waals surface area contributed by atoms with Crippen LogP contribution >= 0.6 is 8.58 Å². The third-order valence-corrected chi connectivity index (χ3v) is 6.70. The molecule has 1 atom stereocenters. The molecule has 0 nitrogen and oxygen atoms in total. The van der Waals surface area contributed by atoms with Gasteiger partial charge in [0.2, 0.25) is 0 Å². The molecule has 0 saturated carbocycles. The summed E-state index contributed by atoms with van der Waals surface area (Å²) in [7, 11) is 0.759. The number of benzene rings is 3. The molecule has 0 aliphatic rings. The fraction of sp³-hybridized carbons (Fsp3) is 0.111. The second-order valence-corrected chi connectivity index (χ2v) is 8.73.